The van der Waals surface area contributed by atoms with Crippen molar-refractivity contribution >= 4 is 29.2 Å². The van der Waals surface area contributed by atoms with Crippen LogP contribution in [0.1, 0.15) is 22.8 Å². The fourth-order valence-corrected chi connectivity index (χ4v) is 1.43. The van der Waals surface area contributed by atoms with E-state index >= 15 is 0 Å². The molecule has 0 saturated heterocycles. The second-order valence-electron chi connectivity index (χ2n) is 2.83. The highest BCUT2D eigenvalue weighted by atomic mass is 32.2. The molecule has 0 unspecified atom stereocenters. The molecule has 0 N–H and O–H groups in total. The van der Waals surface area contributed by atoms with E-state index in [4.69, 9.17) is 0 Å². The van der Waals surface area contributed by atoms with E-state index in [2.05, 4.69) is 4.98 Å². The van der Waals surface area contributed by atoms with Crippen LogP contribution < -0.4 is 0 Å². The van der Waals surface area contributed by atoms with E-state index < -0.39 is 0 Å². The van der Waals surface area contributed by atoms with Gasteiger partial charge in [-0.3, -0.25) is 14.6 Å². The zero-order valence-electron chi connectivity index (χ0n) is 8.34. The highest BCUT2D eigenvalue weighted by Crippen LogP contribution is 2.08. The molecule has 0 bridgehead atoms. The summed E-state index contributed by atoms with van der Waals surface area (Å²) in [5.41, 5.74) is 1.38. The van der Waals surface area contributed by atoms with E-state index in [0.29, 0.717) is 11.3 Å². The maximum atomic E-state index is 10.6. The highest BCUT2D eigenvalue weighted by molar-refractivity contribution is 8.13. The van der Waals surface area contributed by atoms with E-state index in [1.165, 1.54) is 18.7 Å². The second-order valence-corrected chi connectivity index (χ2v) is 4.02. The third kappa shape index (κ3) is 4.08. The van der Waals surface area contributed by atoms with Gasteiger partial charge in [-0.15, -0.1) is 0 Å². The molecule has 3 nitrogen and oxygen atoms in total. The van der Waals surface area contributed by atoms with Gasteiger partial charge in [-0.25, -0.2) is 0 Å². The minimum Gasteiger partial charge on any atom is -0.298 e. The van der Waals surface area contributed by atoms with E-state index in [9.17, 15) is 9.59 Å². The van der Waals surface area contributed by atoms with E-state index in [-0.39, 0.29) is 5.12 Å². The lowest BCUT2D eigenvalue weighted by molar-refractivity contribution is -0.109. The summed E-state index contributed by atoms with van der Waals surface area (Å²) < 4.78 is 0. The van der Waals surface area contributed by atoms with Crippen molar-refractivity contribution in [2.24, 2.45) is 0 Å². The van der Waals surface area contributed by atoms with Crippen LogP contribution >= 0.6 is 11.8 Å². The van der Waals surface area contributed by atoms with Crippen molar-refractivity contribution in [2.75, 3.05) is 5.75 Å². The van der Waals surface area contributed by atoms with Crippen molar-refractivity contribution in [2.45, 2.75) is 6.92 Å². The summed E-state index contributed by atoms with van der Waals surface area (Å²) in [4.78, 5) is 25.2. The third-order valence-corrected chi connectivity index (χ3v) is 2.46. The number of rotatable bonds is 4. The minimum atomic E-state index is 0.0847. The number of aldehydes is 1. The van der Waals surface area contributed by atoms with Crippen LogP contribution in [0.25, 0.3) is 6.08 Å². The lowest BCUT2D eigenvalue weighted by Crippen LogP contribution is -1.87. The lowest BCUT2D eigenvalue weighted by Gasteiger charge is -1.96. The molecule has 0 aromatic carbocycles. The Bertz CT molecular complexity index is 388. The molecule has 0 saturated carbocycles. The molecule has 0 aliphatic rings. The Morgan fingerprint density at radius 2 is 2.33 bits per heavy atom. The maximum Gasteiger partial charge on any atom is 0.186 e. The number of thioether (sulfide) groups is 1. The molecule has 4 heteroatoms. The van der Waals surface area contributed by atoms with Crippen LogP contribution in [0.15, 0.2) is 24.5 Å². The van der Waals surface area contributed by atoms with Crippen LogP contribution in [0.2, 0.25) is 0 Å². The average molecular weight is 221 g/mol. The van der Waals surface area contributed by atoms with Gasteiger partial charge in [0.15, 0.2) is 11.4 Å². The van der Waals surface area contributed by atoms with Gasteiger partial charge in [0.05, 0.1) is 0 Å². The second kappa shape index (κ2) is 6.14. The Hall–Kier alpha value is -1.42. The molecule has 0 aliphatic heterocycles. The van der Waals surface area contributed by atoms with Crippen LogP contribution in [0, 0.1) is 0 Å². The molecule has 0 fully saturated rings. The van der Waals surface area contributed by atoms with Crippen molar-refractivity contribution in [3.63, 3.8) is 0 Å². The van der Waals surface area contributed by atoms with Gasteiger partial charge >= 0.3 is 0 Å². The molecular weight excluding hydrogens is 210 g/mol. The Morgan fingerprint density at radius 3 is 3.00 bits per heavy atom. The molecule has 1 aromatic rings. The van der Waals surface area contributed by atoms with Crippen molar-refractivity contribution in [1.82, 2.24) is 4.98 Å². The van der Waals surface area contributed by atoms with Crippen LogP contribution in [-0.4, -0.2) is 22.1 Å². The van der Waals surface area contributed by atoms with Gasteiger partial charge in [0.1, 0.15) is 0 Å². The molecule has 0 amide bonds. The molecule has 0 radical (unpaired) electrons. The summed E-state index contributed by atoms with van der Waals surface area (Å²) >= 11 is 1.23. The molecule has 0 aliphatic carbocycles. The quantitative estimate of drug-likeness (QED) is 0.731. The van der Waals surface area contributed by atoms with Crippen LogP contribution in [0.3, 0.4) is 0 Å². The predicted octanol–water partition coefficient (Wildman–Crippen LogP) is 2.19. The van der Waals surface area contributed by atoms with Crippen LogP contribution in [0.4, 0.5) is 0 Å². The predicted molar refractivity (Wildman–Crippen MR) is 61.8 cm³/mol. The SMILES string of the molecule is CC(=O)SCC=Cc1cnccc1C=O. The number of nitrogens with zero attached hydrogens (tertiary/aromatic N) is 1. The molecule has 78 valence electrons. The number of aromatic nitrogens is 1. The standard InChI is InChI=1S/C11H11NO2S/c1-9(14)15-6-2-3-10-7-12-5-4-11(10)8-13/h2-5,7-8H,6H2,1H3. The van der Waals surface area contributed by atoms with Gasteiger partial charge in [-0.1, -0.05) is 23.9 Å². The number of carbonyl (C=O) groups is 2. The molecule has 15 heavy (non-hydrogen) atoms. The summed E-state index contributed by atoms with van der Waals surface area (Å²) in [5, 5.41) is 0.0847. The molecule has 0 spiro atoms. The van der Waals surface area contributed by atoms with Crippen molar-refractivity contribution < 1.29 is 9.59 Å². The molecule has 1 rings (SSSR count). The monoisotopic (exact) mass is 221 g/mol. The van der Waals surface area contributed by atoms with Gasteiger partial charge in [-0.05, 0) is 6.07 Å². The van der Waals surface area contributed by atoms with Crippen molar-refractivity contribution in [3.05, 3.63) is 35.7 Å². The Morgan fingerprint density at radius 1 is 1.53 bits per heavy atom. The van der Waals surface area contributed by atoms with E-state index in [1.807, 2.05) is 6.08 Å². The Balaban J connectivity index is 2.63. The molecule has 1 aromatic heterocycles. The Kier molecular flexibility index (Phi) is 4.77. The van der Waals surface area contributed by atoms with Crippen LogP contribution in [-0.2, 0) is 4.79 Å². The van der Waals surface area contributed by atoms with Crippen molar-refractivity contribution in [1.29, 1.82) is 0 Å². The molecular formula is C11H11NO2S. The summed E-state index contributed by atoms with van der Waals surface area (Å²) in [6.07, 6.45) is 7.63. The van der Waals surface area contributed by atoms with Gasteiger partial charge in [-0.2, -0.15) is 0 Å². The summed E-state index contributed by atoms with van der Waals surface area (Å²) in [7, 11) is 0. The smallest absolute Gasteiger partial charge is 0.186 e. The summed E-state index contributed by atoms with van der Waals surface area (Å²) in [6, 6.07) is 1.66. The first-order valence-electron chi connectivity index (χ1n) is 4.43. The topological polar surface area (TPSA) is 47.0 Å². The first-order chi connectivity index (χ1) is 7.24. The number of hydrogen-bond acceptors (Lipinski definition) is 4. The van der Waals surface area contributed by atoms with E-state index in [0.717, 1.165) is 11.8 Å². The normalized spacial score (nSPS) is 10.5. The van der Waals surface area contributed by atoms with Crippen molar-refractivity contribution in [3.8, 4) is 0 Å². The minimum absolute atomic E-state index is 0.0847. The van der Waals surface area contributed by atoms with Crippen LogP contribution in [0.5, 0.6) is 0 Å². The van der Waals surface area contributed by atoms with Gasteiger partial charge in [0, 0.05) is 36.2 Å². The van der Waals surface area contributed by atoms with Gasteiger partial charge in [0.25, 0.3) is 0 Å². The first-order valence-corrected chi connectivity index (χ1v) is 5.41. The largest absolute Gasteiger partial charge is 0.298 e. The zero-order chi connectivity index (χ0) is 11.1. The molecule has 0 atom stereocenters. The highest BCUT2D eigenvalue weighted by Gasteiger charge is 1.96. The van der Waals surface area contributed by atoms with E-state index in [1.54, 1.807) is 24.5 Å². The average Bonchev–Trinajstić information content (AvgIpc) is 2.24. The molecule has 1 heterocycles. The fourth-order valence-electron chi connectivity index (χ4n) is 1.00. The number of carbonyl (C=O) groups excluding carboxylic acids is 2. The maximum absolute atomic E-state index is 10.6. The third-order valence-electron chi connectivity index (χ3n) is 1.69. The summed E-state index contributed by atoms with van der Waals surface area (Å²) in [6.45, 7) is 1.53. The summed E-state index contributed by atoms with van der Waals surface area (Å²) in [5.74, 6) is 0.614. The number of hydrogen-bond donors (Lipinski definition) is 0. The fraction of sp³-hybridized carbons (Fsp3) is 0.182. The Labute approximate surface area is 92.6 Å². The van der Waals surface area contributed by atoms with Gasteiger partial charge in [0.2, 0.25) is 0 Å². The number of pyridine rings is 1. The first kappa shape index (κ1) is 11.7. The zero-order valence-corrected chi connectivity index (χ0v) is 9.16. The van der Waals surface area contributed by atoms with Gasteiger partial charge < -0.3 is 0 Å². The lowest BCUT2D eigenvalue weighted by atomic mass is 10.1.